The van der Waals surface area contributed by atoms with Crippen LogP contribution >= 0.6 is 0 Å². The predicted octanol–water partition coefficient (Wildman–Crippen LogP) is 3.00. The number of hydrogen-bond acceptors (Lipinski definition) is 2. The first-order valence-corrected chi connectivity index (χ1v) is 6.34. The number of carbonyl (C=O) groups is 1. The van der Waals surface area contributed by atoms with Crippen molar-refractivity contribution in [1.29, 1.82) is 0 Å². The molecule has 2 aromatic rings. The molecule has 3 heteroatoms. The summed E-state index contributed by atoms with van der Waals surface area (Å²) < 4.78 is 0. The topological polar surface area (TPSA) is 50.2 Å². The molecule has 3 nitrogen and oxygen atoms in total. The largest absolute Gasteiger partial charge is 0.481 e. The number of nitrogens with zero attached hydrogens (tertiary/aromatic N) is 1. The van der Waals surface area contributed by atoms with Gasteiger partial charge in [-0.3, -0.25) is 9.78 Å². The Hall–Kier alpha value is -2.16. The molecule has 98 valence electrons. The maximum Gasteiger partial charge on any atom is 0.303 e. The number of hydrogen-bond donors (Lipinski definition) is 1. The van der Waals surface area contributed by atoms with E-state index in [1.165, 1.54) is 11.1 Å². The summed E-state index contributed by atoms with van der Waals surface area (Å²) in [5.41, 5.74) is 4.56. The second-order valence-electron chi connectivity index (χ2n) is 4.69. The van der Waals surface area contributed by atoms with Crippen LogP contribution in [0, 0.1) is 6.92 Å². The van der Waals surface area contributed by atoms with E-state index >= 15 is 0 Å². The van der Waals surface area contributed by atoms with E-state index in [1.807, 2.05) is 31.3 Å². The smallest absolute Gasteiger partial charge is 0.303 e. The van der Waals surface area contributed by atoms with Crippen LogP contribution in [0.1, 0.15) is 28.8 Å². The summed E-state index contributed by atoms with van der Waals surface area (Å²) in [5, 5.41) is 8.64. The van der Waals surface area contributed by atoms with E-state index in [-0.39, 0.29) is 6.42 Å². The molecule has 0 aliphatic carbocycles. The molecule has 0 saturated carbocycles. The van der Waals surface area contributed by atoms with Gasteiger partial charge in [0.05, 0.1) is 0 Å². The van der Waals surface area contributed by atoms with Crippen LogP contribution in [0.25, 0.3) is 0 Å². The Morgan fingerprint density at radius 3 is 2.42 bits per heavy atom. The third kappa shape index (κ3) is 4.21. The number of carboxylic acids is 1. The number of carboxylic acid groups (broad SMARTS) is 1. The van der Waals surface area contributed by atoms with Gasteiger partial charge in [-0.05, 0) is 48.6 Å². The summed E-state index contributed by atoms with van der Waals surface area (Å²) >= 11 is 0. The third-order valence-electron chi connectivity index (χ3n) is 3.02. The highest BCUT2D eigenvalue weighted by Crippen LogP contribution is 2.12. The molecule has 0 saturated heterocycles. The van der Waals surface area contributed by atoms with E-state index < -0.39 is 5.97 Å². The van der Waals surface area contributed by atoms with Crippen LogP contribution in [-0.4, -0.2) is 16.1 Å². The first kappa shape index (κ1) is 13.3. The second kappa shape index (κ2) is 6.14. The van der Waals surface area contributed by atoms with Crippen LogP contribution in [-0.2, 0) is 17.6 Å². The van der Waals surface area contributed by atoms with Crippen molar-refractivity contribution in [1.82, 2.24) is 4.98 Å². The van der Waals surface area contributed by atoms with Gasteiger partial charge < -0.3 is 5.11 Å². The van der Waals surface area contributed by atoms with Crippen molar-refractivity contribution in [2.45, 2.75) is 26.2 Å². The van der Waals surface area contributed by atoms with Gasteiger partial charge in [-0.1, -0.05) is 24.3 Å². The van der Waals surface area contributed by atoms with E-state index in [9.17, 15) is 4.79 Å². The Morgan fingerprint density at radius 1 is 1.11 bits per heavy atom. The maximum absolute atomic E-state index is 10.5. The summed E-state index contributed by atoms with van der Waals surface area (Å²) in [5.74, 6) is -0.753. The molecule has 0 atom stereocenters. The normalized spacial score (nSPS) is 10.4. The number of pyridine rings is 1. The van der Waals surface area contributed by atoms with Gasteiger partial charge in [0.1, 0.15) is 0 Å². The van der Waals surface area contributed by atoms with Gasteiger partial charge in [0, 0.05) is 18.3 Å². The van der Waals surface area contributed by atoms with E-state index in [0.717, 1.165) is 17.7 Å². The van der Waals surface area contributed by atoms with Crippen molar-refractivity contribution in [2.24, 2.45) is 0 Å². The standard InChI is InChI=1S/C16H17NO2/c1-12-10-15(8-9-17-12)11-14-4-2-13(3-5-14)6-7-16(18)19/h2-5,8-10H,6-7,11H2,1H3,(H,18,19). The average molecular weight is 255 g/mol. The fraction of sp³-hybridized carbons (Fsp3) is 0.250. The highest BCUT2D eigenvalue weighted by atomic mass is 16.4. The molecule has 0 bridgehead atoms. The SMILES string of the molecule is Cc1cc(Cc2ccc(CCC(=O)O)cc2)ccn1. The number of aromatic nitrogens is 1. The molecule has 1 N–H and O–H groups in total. The monoisotopic (exact) mass is 255 g/mol. The van der Waals surface area contributed by atoms with Gasteiger partial charge in [0.15, 0.2) is 0 Å². The summed E-state index contributed by atoms with van der Waals surface area (Å²) in [6.07, 6.45) is 3.47. The lowest BCUT2D eigenvalue weighted by Crippen LogP contribution is -1.97. The lowest BCUT2D eigenvalue weighted by Gasteiger charge is -2.04. The predicted molar refractivity (Wildman–Crippen MR) is 74.2 cm³/mol. The minimum absolute atomic E-state index is 0.183. The Labute approximate surface area is 112 Å². The molecule has 0 spiro atoms. The van der Waals surface area contributed by atoms with E-state index in [0.29, 0.717) is 6.42 Å². The van der Waals surface area contributed by atoms with E-state index in [2.05, 4.69) is 23.2 Å². The molecule has 0 radical (unpaired) electrons. The molecule has 1 aromatic carbocycles. The molecule has 0 fully saturated rings. The fourth-order valence-corrected chi connectivity index (χ4v) is 2.02. The third-order valence-corrected chi connectivity index (χ3v) is 3.02. The Balaban J connectivity index is 2.00. The number of rotatable bonds is 5. The van der Waals surface area contributed by atoms with Crippen LogP contribution in [0.5, 0.6) is 0 Å². The summed E-state index contributed by atoms with van der Waals surface area (Å²) in [6, 6.07) is 12.2. The van der Waals surface area contributed by atoms with Crippen molar-refractivity contribution in [3.05, 3.63) is 65.0 Å². The van der Waals surface area contributed by atoms with Gasteiger partial charge in [0.25, 0.3) is 0 Å². The van der Waals surface area contributed by atoms with E-state index in [4.69, 9.17) is 5.11 Å². The zero-order valence-electron chi connectivity index (χ0n) is 11.0. The van der Waals surface area contributed by atoms with Crippen LogP contribution < -0.4 is 0 Å². The van der Waals surface area contributed by atoms with Gasteiger partial charge in [-0.15, -0.1) is 0 Å². The van der Waals surface area contributed by atoms with Crippen LogP contribution in [0.3, 0.4) is 0 Å². The Kier molecular flexibility index (Phi) is 4.29. The number of aryl methyl sites for hydroxylation is 2. The summed E-state index contributed by atoms with van der Waals surface area (Å²) in [6.45, 7) is 1.98. The van der Waals surface area contributed by atoms with Crippen LogP contribution in [0.2, 0.25) is 0 Å². The Morgan fingerprint density at radius 2 is 1.79 bits per heavy atom. The first-order valence-electron chi connectivity index (χ1n) is 6.34. The van der Waals surface area contributed by atoms with Crippen molar-refractivity contribution < 1.29 is 9.90 Å². The average Bonchev–Trinajstić information content (AvgIpc) is 2.38. The summed E-state index contributed by atoms with van der Waals surface area (Å²) in [7, 11) is 0. The molecule has 1 heterocycles. The molecule has 0 amide bonds. The molecule has 19 heavy (non-hydrogen) atoms. The van der Waals surface area contributed by atoms with Gasteiger partial charge in [-0.2, -0.15) is 0 Å². The van der Waals surface area contributed by atoms with Crippen LogP contribution in [0.15, 0.2) is 42.6 Å². The zero-order valence-corrected chi connectivity index (χ0v) is 11.0. The number of aliphatic carboxylic acids is 1. The molecule has 0 unspecified atom stereocenters. The van der Waals surface area contributed by atoms with Gasteiger partial charge >= 0.3 is 5.97 Å². The van der Waals surface area contributed by atoms with Gasteiger partial charge in [-0.25, -0.2) is 0 Å². The van der Waals surface area contributed by atoms with E-state index in [1.54, 1.807) is 0 Å². The lowest BCUT2D eigenvalue weighted by molar-refractivity contribution is -0.136. The number of benzene rings is 1. The highest BCUT2D eigenvalue weighted by Gasteiger charge is 2.01. The molecular formula is C16H17NO2. The zero-order chi connectivity index (χ0) is 13.7. The molecule has 0 aliphatic heterocycles. The molecular weight excluding hydrogens is 238 g/mol. The van der Waals surface area contributed by atoms with Crippen molar-refractivity contribution >= 4 is 5.97 Å². The minimum atomic E-state index is -0.753. The lowest BCUT2D eigenvalue weighted by atomic mass is 10.0. The molecule has 1 aromatic heterocycles. The second-order valence-corrected chi connectivity index (χ2v) is 4.69. The maximum atomic E-state index is 10.5. The van der Waals surface area contributed by atoms with Crippen molar-refractivity contribution in [2.75, 3.05) is 0 Å². The molecule has 2 rings (SSSR count). The van der Waals surface area contributed by atoms with Crippen molar-refractivity contribution in [3.63, 3.8) is 0 Å². The first-order chi connectivity index (χ1) is 9.13. The Bertz CT molecular complexity index is 561. The van der Waals surface area contributed by atoms with Gasteiger partial charge in [0.2, 0.25) is 0 Å². The van der Waals surface area contributed by atoms with Crippen LogP contribution in [0.4, 0.5) is 0 Å². The highest BCUT2D eigenvalue weighted by molar-refractivity contribution is 5.67. The minimum Gasteiger partial charge on any atom is -0.481 e. The summed E-state index contributed by atoms with van der Waals surface area (Å²) in [4.78, 5) is 14.7. The fourth-order valence-electron chi connectivity index (χ4n) is 2.02. The molecule has 0 aliphatic rings. The quantitative estimate of drug-likeness (QED) is 0.893. The van der Waals surface area contributed by atoms with Crippen molar-refractivity contribution in [3.8, 4) is 0 Å².